The van der Waals surface area contributed by atoms with E-state index >= 15 is 0 Å². The highest BCUT2D eigenvalue weighted by Gasteiger charge is 2.38. The lowest BCUT2D eigenvalue weighted by Crippen LogP contribution is -2.30. The monoisotopic (exact) mass is 228 g/mol. The molecule has 0 fully saturated rings. The van der Waals surface area contributed by atoms with Crippen molar-refractivity contribution in [3.63, 3.8) is 0 Å². The SMILES string of the molecule is CCC(=O)SCCC(F)(F)C(F)CC. The Morgan fingerprint density at radius 2 is 2.00 bits per heavy atom. The lowest BCUT2D eigenvalue weighted by atomic mass is 10.1. The number of hydrogen-bond acceptors (Lipinski definition) is 2. The van der Waals surface area contributed by atoms with Crippen LogP contribution in [0, 0.1) is 0 Å². The highest BCUT2D eigenvalue weighted by Crippen LogP contribution is 2.29. The summed E-state index contributed by atoms with van der Waals surface area (Å²) in [5, 5.41) is -0.132. The number of halogens is 3. The van der Waals surface area contributed by atoms with Crippen molar-refractivity contribution in [2.24, 2.45) is 0 Å². The predicted octanol–water partition coefficient (Wildman–Crippen LogP) is 3.43. The molecule has 0 aliphatic carbocycles. The minimum Gasteiger partial charge on any atom is -0.287 e. The first kappa shape index (κ1) is 13.8. The molecule has 1 unspecified atom stereocenters. The molecule has 84 valence electrons. The molecule has 0 aliphatic rings. The quantitative estimate of drug-likeness (QED) is 0.692. The molecule has 0 rings (SSSR count). The van der Waals surface area contributed by atoms with Crippen molar-refractivity contribution >= 4 is 16.9 Å². The molecule has 0 aliphatic heterocycles. The molecule has 1 atom stereocenters. The second-order valence-electron chi connectivity index (χ2n) is 2.96. The maximum atomic E-state index is 12.9. The first-order chi connectivity index (χ1) is 6.44. The van der Waals surface area contributed by atoms with Crippen LogP contribution in [0.2, 0.25) is 0 Å². The van der Waals surface area contributed by atoms with Crippen molar-refractivity contribution in [2.75, 3.05) is 5.75 Å². The van der Waals surface area contributed by atoms with Crippen LogP contribution in [0.3, 0.4) is 0 Å². The van der Waals surface area contributed by atoms with Crippen LogP contribution in [0.15, 0.2) is 0 Å². The smallest absolute Gasteiger partial charge is 0.279 e. The van der Waals surface area contributed by atoms with Crippen LogP contribution >= 0.6 is 11.8 Å². The molecular formula is C9H15F3OS. The first-order valence-corrected chi connectivity index (χ1v) is 5.60. The molecule has 0 radical (unpaired) electrons. The van der Waals surface area contributed by atoms with Gasteiger partial charge in [-0.25, -0.2) is 13.2 Å². The average Bonchev–Trinajstić information content (AvgIpc) is 2.15. The number of carbonyl (C=O) groups excluding carboxylic acids is 1. The molecule has 0 amide bonds. The van der Waals surface area contributed by atoms with Crippen LogP contribution in [-0.2, 0) is 4.79 Å². The second kappa shape index (κ2) is 6.32. The van der Waals surface area contributed by atoms with Gasteiger partial charge in [-0.05, 0) is 6.42 Å². The van der Waals surface area contributed by atoms with Gasteiger partial charge in [0.1, 0.15) is 0 Å². The Morgan fingerprint density at radius 3 is 2.43 bits per heavy atom. The standard InChI is InChI=1S/C9H15F3OS/c1-3-7(10)9(11,12)5-6-14-8(13)4-2/h7H,3-6H2,1-2H3. The van der Waals surface area contributed by atoms with E-state index in [0.717, 1.165) is 11.8 Å². The zero-order chi connectivity index (χ0) is 11.2. The van der Waals surface area contributed by atoms with E-state index in [1.165, 1.54) is 6.92 Å². The third-order valence-electron chi connectivity index (χ3n) is 1.80. The van der Waals surface area contributed by atoms with Crippen LogP contribution in [0.4, 0.5) is 13.2 Å². The fourth-order valence-electron chi connectivity index (χ4n) is 0.858. The highest BCUT2D eigenvalue weighted by molar-refractivity contribution is 8.13. The summed E-state index contributed by atoms with van der Waals surface area (Å²) in [6, 6.07) is 0. The Bertz CT molecular complexity index is 185. The minimum absolute atomic E-state index is 0.0138. The van der Waals surface area contributed by atoms with Gasteiger partial charge >= 0.3 is 0 Å². The van der Waals surface area contributed by atoms with Crippen LogP contribution in [0.1, 0.15) is 33.1 Å². The molecule has 0 saturated carbocycles. The summed E-state index contributed by atoms with van der Waals surface area (Å²) in [7, 11) is 0. The van der Waals surface area contributed by atoms with Crippen LogP contribution in [0.25, 0.3) is 0 Å². The van der Waals surface area contributed by atoms with Crippen molar-refractivity contribution in [3.8, 4) is 0 Å². The number of carbonyl (C=O) groups is 1. The molecule has 0 aromatic heterocycles. The average molecular weight is 228 g/mol. The summed E-state index contributed by atoms with van der Waals surface area (Å²) < 4.78 is 38.4. The Kier molecular flexibility index (Phi) is 6.24. The lowest BCUT2D eigenvalue weighted by Gasteiger charge is -2.18. The van der Waals surface area contributed by atoms with Gasteiger partial charge in [0.15, 0.2) is 11.3 Å². The van der Waals surface area contributed by atoms with Gasteiger partial charge in [0.25, 0.3) is 5.92 Å². The Hall–Kier alpha value is -0.190. The number of alkyl halides is 3. The van der Waals surface area contributed by atoms with Crippen molar-refractivity contribution in [3.05, 3.63) is 0 Å². The number of hydrogen-bond donors (Lipinski definition) is 0. The fraction of sp³-hybridized carbons (Fsp3) is 0.889. The van der Waals surface area contributed by atoms with Gasteiger partial charge in [0.2, 0.25) is 0 Å². The molecular weight excluding hydrogens is 213 g/mol. The molecule has 0 saturated heterocycles. The molecule has 0 aromatic carbocycles. The second-order valence-corrected chi connectivity index (χ2v) is 4.11. The van der Waals surface area contributed by atoms with E-state index in [4.69, 9.17) is 0 Å². The molecule has 0 bridgehead atoms. The Labute approximate surface area is 86.4 Å². The largest absolute Gasteiger partial charge is 0.287 e. The van der Waals surface area contributed by atoms with Gasteiger partial charge in [0.05, 0.1) is 0 Å². The minimum atomic E-state index is -3.30. The molecule has 1 nitrogen and oxygen atoms in total. The number of thioether (sulfide) groups is 1. The van der Waals surface area contributed by atoms with E-state index < -0.39 is 18.5 Å². The van der Waals surface area contributed by atoms with Gasteiger partial charge in [-0.2, -0.15) is 0 Å². The summed E-state index contributed by atoms with van der Waals surface area (Å²) >= 11 is 0.846. The van der Waals surface area contributed by atoms with Crippen molar-refractivity contribution in [1.29, 1.82) is 0 Å². The van der Waals surface area contributed by atoms with E-state index in [1.807, 2.05) is 0 Å². The first-order valence-electron chi connectivity index (χ1n) is 4.61. The van der Waals surface area contributed by atoms with Gasteiger partial charge in [-0.3, -0.25) is 4.79 Å². The molecule has 0 N–H and O–H groups in total. The van der Waals surface area contributed by atoms with Crippen LogP contribution < -0.4 is 0 Å². The van der Waals surface area contributed by atoms with E-state index in [1.54, 1.807) is 6.92 Å². The van der Waals surface area contributed by atoms with E-state index in [-0.39, 0.29) is 17.3 Å². The summed E-state index contributed by atoms with van der Waals surface area (Å²) in [5.74, 6) is -3.31. The predicted molar refractivity (Wildman–Crippen MR) is 52.5 cm³/mol. The van der Waals surface area contributed by atoms with Gasteiger partial charge in [0, 0.05) is 18.6 Å². The highest BCUT2D eigenvalue weighted by atomic mass is 32.2. The zero-order valence-electron chi connectivity index (χ0n) is 8.36. The van der Waals surface area contributed by atoms with Crippen LogP contribution in [0.5, 0.6) is 0 Å². The van der Waals surface area contributed by atoms with Crippen molar-refractivity contribution < 1.29 is 18.0 Å². The Balaban J connectivity index is 3.81. The van der Waals surface area contributed by atoms with Crippen molar-refractivity contribution in [1.82, 2.24) is 0 Å². The lowest BCUT2D eigenvalue weighted by molar-refractivity contribution is -0.110. The maximum absolute atomic E-state index is 12.9. The zero-order valence-corrected chi connectivity index (χ0v) is 9.17. The third kappa shape index (κ3) is 4.88. The maximum Gasteiger partial charge on any atom is 0.279 e. The summed E-state index contributed by atoms with van der Waals surface area (Å²) in [6.07, 6.45) is -2.54. The van der Waals surface area contributed by atoms with Gasteiger partial charge < -0.3 is 0 Å². The summed E-state index contributed by atoms with van der Waals surface area (Å²) in [4.78, 5) is 10.8. The molecule has 5 heteroatoms. The molecule has 14 heavy (non-hydrogen) atoms. The third-order valence-corrected chi connectivity index (χ3v) is 2.82. The molecule has 0 spiro atoms. The van der Waals surface area contributed by atoms with E-state index in [9.17, 15) is 18.0 Å². The summed E-state index contributed by atoms with van der Waals surface area (Å²) in [5.41, 5.74) is 0. The van der Waals surface area contributed by atoms with E-state index in [2.05, 4.69) is 0 Å². The fourth-order valence-corrected chi connectivity index (χ4v) is 1.66. The molecule has 0 heterocycles. The Morgan fingerprint density at radius 1 is 1.43 bits per heavy atom. The van der Waals surface area contributed by atoms with Gasteiger partial charge in [-0.15, -0.1) is 0 Å². The molecule has 0 aromatic rings. The normalized spacial score (nSPS) is 14.1. The topological polar surface area (TPSA) is 17.1 Å². The van der Waals surface area contributed by atoms with Gasteiger partial charge in [-0.1, -0.05) is 25.6 Å². The van der Waals surface area contributed by atoms with Crippen LogP contribution in [-0.4, -0.2) is 23.0 Å². The summed E-state index contributed by atoms with van der Waals surface area (Å²) in [6.45, 7) is 3.04. The van der Waals surface area contributed by atoms with E-state index in [0.29, 0.717) is 6.42 Å². The van der Waals surface area contributed by atoms with Crippen molar-refractivity contribution in [2.45, 2.75) is 45.2 Å². The number of rotatable bonds is 6.